The molecule has 0 saturated heterocycles. The maximum absolute atomic E-state index is 14.2. The molecule has 31 heavy (non-hydrogen) atoms. The number of nitrogen functional groups attached to an aromatic ring is 1. The molecule has 3 aromatic carbocycles. The number of rotatable bonds is 6. The molecule has 3 N–H and O–H groups in total. The molecule has 156 valence electrons. The molecule has 0 aliphatic rings. The molecule has 0 bridgehead atoms. The van der Waals surface area contributed by atoms with E-state index in [4.69, 9.17) is 5.84 Å². The summed E-state index contributed by atoms with van der Waals surface area (Å²) >= 11 is 1.15. The number of carbonyl (C=O) groups is 1. The fourth-order valence-electron chi connectivity index (χ4n) is 3.03. The van der Waals surface area contributed by atoms with Gasteiger partial charge in [-0.25, -0.2) is 9.07 Å². The summed E-state index contributed by atoms with van der Waals surface area (Å²) in [6, 6.07) is 23.1. The number of amides is 1. The van der Waals surface area contributed by atoms with Crippen LogP contribution >= 0.6 is 11.8 Å². The highest BCUT2D eigenvalue weighted by Crippen LogP contribution is 2.36. The molecule has 0 spiro atoms. The maximum atomic E-state index is 14.2. The third kappa shape index (κ3) is 4.59. The number of hydrogen-bond acceptors (Lipinski definition) is 5. The van der Waals surface area contributed by atoms with Crippen molar-refractivity contribution in [3.63, 3.8) is 0 Å². The van der Waals surface area contributed by atoms with Gasteiger partial charge < -0.3 is 11.2 Å². The van der Waals surface area contributed by atoms with Gasteiger partial charge in [0.05, 0.1) is 5.56 Å². The first-order valence-corrected chi connectivity index (χ1v) is 10.5. The second-order valence-electron chi connectivity index (χ2n) is 6.92. The lowest BCUT2D eigenvalue weighted by Crippen LogP contribution is -2.20. The van der Waals surface area contributed by atoms with Gasteiger partial charge in [0.2, 0.25) is 11.1 Å². The Labute approximate surface area is 183 Å². The van der Waals surface area contributed by atoms with Crippen molar-refractivity contribution in [2.75, 3.05) is 11.2 Å². The van der Waals surface area contributed by atoms with Crippen LogP contribution in [-0.2, 0) is 4.79 Å². The minimum Gasteiger partial charge on any atom is -0.335 e. The van der Waals surface area contributed by atoms with Crippen LogP contribution in [0.2, 0.25) is 0 Å². The molecule has 0 fully saturated rings. The van der Waals surface area contributed by atoms with Gasteiger partial charge in [0.15, 0.2) is 5.82 Å². The zero-order valence-electron chi connectivity index (χ0n) is 16.7. The number of benzene rings is 3. The van der Waals surface area contributed by atoms with E-state index in [9.17, 15) is 9.18 Å². The summed E-state index contributed by atoms with van der Waals surface area (Å²) in [7, 11) is 0. The quantitative estimate of drug-likeness (QED) is 0.343. The monoisotopic (exact) mass is 433 g/mol. The first-order chi connectivity index (χ1) is 15.0. The highest BCUT2D eigenvalue weighted by atomic mass is 32.2. The molecule has 6 nitrogen and oxygen atoms in total. The van der Waals surface area contributed by atoms with E-state index in [0.717, 1.165) is 22.9 Å². The van der Waals surface area contributed by atoms with E-state index in [0.29, 0.717) is 10.8 Å². The third-order valence-electron chi connectivity index (χ3n) is 4.66. The van der Waals surface area contributed by atoms with Crippen LogP contribution in [0.25, 0.3) is 11.4 Å². The number of aromatic nitrogens is 3. The van der Waals surface area contributed by atoms with Gasteiger partial charge in [-0.05, 0) is 36.8 Å². The molecular formula is C23H20FN5OS. The fraction of sp³-hybridized carbons (Fsp3) is 0.0870. The van der Waals surface area contributed by atoms with Crippen molar-refractivity contribution in [3.05, 3.63) is 95.8 Å². The van der Waals surface area contributed by atoms with Crippen molar-refractivity contribution >= 4 is 23.4 Å². The molecule has 0 saturated carbocycles. The van der Waals surface area contributed by atoms with Crippen molar-refractivity contribution in [3.8, 4) is 11.4 Å². The number of halogens is 1. The smallest absolute Gasteiger partial charge is 0.242 e. The molecule has 1 aromatic heterocycles. The Bertz CT molecular complexity index is 1190. The van der Waals surface area contributed by atoms with Crippen LogP contribution in [0.5, 0.6) is 0 Å². The number of thioether (sulfide) groups is 1. The van der Waals surface area contributed by atoms with E-state index in [1.807, 2.05) is 61.5 Å². The zero-order chi connectivity index (χ0) is 21.8. The van der Waals surface area contributed by atoms with Gasteiger partial charge in [0.25, 0.3) is 0 Å². The summed E-state index contributed by atoms with van der Waals surface area (Å²) in [4.78, 5) is 13.2. The van der Waals surface area contributed by atoms with Crippen molar-refractivity contribution < 1.29 is 9.18 Å². The Kier molecular flexibility index (Phi) is 5.99. The molecule has 1 atom stereocenters. The van der Waals surface area contributed by atoms with Gasteiger partial charge in [-0.3, -0.25) is 4.79 Å². The van der Waals surface area contributed by atoms with Crippen molar-refractivity contribution in [2.45, 2.75) is 17.3 Å². The minimum atomic E-state index is -0.637. The summed E-state index contributed by atoms with van der Waals surface area (Å²) in [5.74, 6) is 5.68. The van der Waals surface area contributed by atoms with Crippen LogP contribution in [0.15, 0.2) is 84.0 Å². The Balaban J connectivity index is 1.64. The number of aryl methyl sites for hydroxylation is 1. The summed E-state index contributed by atoms with van der Waals surface area (Å²) < 4.78 is 15.4. The minimum absolute atomic E-state index is 0.186. The van der Waals surface area contributed by atoms with E-state index < -0.39 is 11.1 Å². The fourth-order valence-corrected chi connectivity index (χ4v) is 3.99. The first-order valence-electron chi connectivity index (χ1n) is 9.57. The highest BCUT2D eigenvalue weighted by molar-refractivity contribution is 8.00. The summed E-state index contributed by atoms with van der Waals surface area (Å²) in [5.41, 5.74) is 2.82. The van der Waals surface area contributed by atoms with E-state index in [1.165, 1.54) is 10.7 Å². The lowest BCUT2D eigenvalue weighted by atomic mass is 10.1. The van der Waals surface area contributed by atoms with Crippen LogP contribution in [0.4, 0.5) is 10.1 Å². The first kappa shape index (κ1) is 20.6. The molecule has 4 rings (SSSR count). The second kappa shape index (κ2) is 9.01. The standard InChI is InChI=1S/C23H20FN5OS/c1-15-11-13-17(14-12-15)26-22(30)20(16-7-3-2-4-8-16)31-23-28-27-21(29(23)25)18-9-5-6-10-19(18)24/h2-14,20H,25H2,1H3,(H,26,30). The van der Waals surface area contributed by atoms with Crippen LogP contribution < -0.4 is 11.2 Å². The van der Waals surface area contributed by atoms with E-state index in [2.05, 4.69) is 15.5 Å². The number of anilines is 1. The molecule has 8 heteroatoms. The predicted octanol–water partition coefficient (Wildman–Crippen LogP) is 4.58. The van der Waals surface area contributed by atoms with Crippen LogP contribution in [0.1, 0.15) is 16.4 Å². The van der Waals surface area contributed by atoms with Gasteiger partial charge in [-0.1, -0.05) is 71.9 Å². The second-order valence-corrected chi connectivity index (χ2v) is 7.99. The van der Waals surface area contributed by atoms with Gasteiger partial charge in [0, 0.05) is 5.69 Å². The number of carbonyl (C=O) groups excluding carboxylic acids is 1. The molecule has 1 unspecified atom stereocenters. The number of hydrogen-bond donors (Lipinski definition) is 2. The topological polar surface area (TPSA) is 85.8 Å². The SMILES string of the molecule is Cc1ccc(NC(=O)C(Sc2nnc(-c3ccccc3F)n2N)c2ccccc2)cc1. The number of nitrogens with two attached hydrogens (primary N) is 1. The van der Waals surface area contributed by atoms with Crippen molar-refractivity contribution in [2.24, 2.45) is 0 Å². The molecule has 0 aliphatic carbocycles. The maximum Gasteiger partial charge on any atom is 0.242 e. The van der Waals surface area contributed by atoms with Crippen LogP contribution in [-0.4, -0.2) is 20.8 Å². The average molecular weight is 434 g/mol. The zero-order valence-corrected chi connectivity index (χ0v) is 17.5. The molecule has 1 heterocycles. The molecule has 0 radical (unpaired) electrons. The van der Waals surface area contributed by atoms with Gasteiger partial charge in [0.1, 0.15) is 11.1 Å². The van der Waals surface area contributed by atoms with Gasteiger partial charge >= 0.3 is 0 Å². The summed E-state index contributed by atoms with van der Waals surface area (Å²) in [6.45, 7) is 1.98. The average Bonchev–Trinajstić information content (AvgIpc) is 3.14. The van der Waals surface area contributed by atoms with E-state index in [-0.39, 0.29) is 17.3 Å². The molecule has 1 amide bonds. The number of nitrogens with zero attached hydrogens (tertiary/aromatic N) is 3. The van der Waals surface area contributed by atoms with Crippen molar-refractivity contribution in [1.29, 1.82) is 0 Å². The lowest BCUT2D eigenvalue weighted by Gasteiger charge is -2.16. The number of nitrogens with one attached hydrogen (secondary N) is 1. The summed E-state index contributed by atoms with van der Waals surface area (Å²) in [6.07, 6.45) is 0. The normalized spacial score (nSPS) is 11.8. The Morgan fingerprint density at radius 3 is 2.39 bits per heavy atom. The van der Waals surface area contributed by atoms with E-state index >= 15 is 0 Å². The molecular weight excluding hydrogens is 413 g/mol. The predicted molar refractivity (Wildman–Crippen MR) is 120 cm³/mol. The largest absolute Gasteiger partial charge is 0.335 e. The Hall–Kier alpha value is -3.65. The van der Waals surface area contributed by atoms with Crippen LogP contribution in [0, 0.1) is 12.7 Å². The van der Waals surface area contributed by atoms with Gasteiger partial charge in [-0.2, -0.15) is 0 Å². The Morgan fingerprint density at radius 2 is 1.68 bits per heavy atom. The summed E-state index contributed by atoms with van der Waals surface area (Å²) in [5, 5.41) is 10.7. The third-order valence-corrected chi connectivity index (χ3v) is 5.87. The molecule has 0 aliphatic heterocycles. The van der Waals surface area contributed by atoms with Gasteiger partial charge in [-0.15, -0.1) is 10.2 Å². The lowest BCUT2D eigenvalue weighted by molar-refractivity contribution is -0.115. The highest BCUT2D eigenvalue weighted by Gasteiger charge is 2.26. The van der Waals surface area contributed by atoms with Crippen LogP contribution in [0.3, 0.4) is 0 Å². The van der Waals surface area contributed by atoms with E-state index in [1.54, 1.807) is 18.2 Å². The molecule has 4 aromatic rings. The van der Waals surface area contributed by atoms with Crippen molar-refractivity contribution in [1.82, 2.24) is 14.9 Å². The Morgan fingerprint density at radius 1 is 1.00 bits per heavy atom.